The van der Waals surface area contributed by atoms with E-state index in [4.69, 9.17) is 0 Å². The summed E-state index contributed by atoms with van der Waals surface area (Å²) in [4.78, 5) is 1.43. The highest BCUT2D eigenvalue weighted by Crippen LogP contribution is 2.49. The summed E-state index contributed by atoms with van der Waals surface area (Å²) in [7, 11) is -0.749. The molecule has 0 fully saturated rings. The number of hydrogen-bond donors (Lipinski definition) is 0. The summed E-state index contributed by atoms with van der Waals surface area (Å²) in [5, 5.41) is 3.91. The lowest BCUT2D eigenvalue weighted by Crippen LogP contribution is -2.07. The van der Waals surface area contributed by atoms with Crippen LogP contribution in [-0.4, -0.2) is 8.80 Å². The van der Waals surface area contributed by atoms with Gasteiger partial charge in [-0.25, -0.2) is 0 Å². The minimum Gasteiger partial charge on any atom is -0.144 e. The molecule has 0 radical (unpaired) electrons. The van der Waals surface area contributed by atoms with Gasteiger partial charge in [0.25, 0.3) is 0 Å². The SMILES string of the molecule is CC1=Cc2ccccc2[C@H]1C1=C(c2cccs2)C=C([SiH](C)C)C1. The van der Waals surface area contributed by atoms with Crippen LogP contribution in [-0.2, 0) is 0 Å². The fraction of sp³-hybridized carbons (Fsp3) is 0.238. The molecule has 0 unspecified atom stereocenters. The zero-order chi connectivity index (χ0) is 16.0. The molecular weight excluding hydrogens is 312 g/mol. The molecule has 0 spiro atoms. The van der Waals surface area contributed by atoms with Crippen LogP contribution in [0, 0.1) is 0 Å². The van der Waals surface area contributed by atoms with Gasteiger partial charge in [-0.3, -0.25) is 0 Å². The number of benzene rings is 1. The van der Waals surface area contributed by atoms with Crippen LogP contribution in [0.4, 0.5) is 0 Å². The molecule has 23 heavy (non-hydrogen) atoms. The maximum absolute atomic E-state index is 2.52. The van der Waals surface area contributed by atoms with Gasteiger partial charge in [-0.15, -0.1) is 11.3 Å². The van der Waals surface area contributed by atoms with Crippen LogP contribution < -0.4 is 0 Å². The molecular formula is C21H22SSi. The average molecular weight is 335 g/mol. The van der Waals surface area contributed by atoms with Crippen molar-refractivity contribution in [3.05, 3.63) is 80.2 Å². The maximum Gasteiger partial charge on any atom is 0.0600 e. The lowest BCUT2D eigenvalue weighted by atomic mass is 9.86. The molecule has 0 amide bonds. The third-order valence-corrected chi connectivity index (χ3v) is 7.85. The van der Waals surface area contributed by atoms with E-state index >= 15 is 0 Å². The lowest BCUT2D eigenvalue weighted by molar-refractivity contribution is 0.917. The Morgan fingerprint density at radius 2 is 1.87 bits per heavy atom. The molecule has 2 aromatic rings. The van der Waals surface area contributed by atoms with Gasteiger partial charge < -0.3 is 0 Å². The van der Waals surface area contributed by atoms with Crippen molar-refractivity contribution < 1.29 is 0 Å². The van der Waals surface area contributed by atoms with E-state index < -0.39 is 8.80 Å². The van der Waals surface area contributed by atoms with Crippen molar-refractivity contribution in [1.82, 2.24) is 0 Å². The normalized spacial score (nSPS) is 20.1. The molecule has 0 saturated heterocycles. The maximum atomic E-state index is 2.52. The third kappa shape index (κ3) is 2.50. The predicted octanol–water partition coefficient (Wildman–Crippen LogP) is 6.06. The standard InChI is InChI=1S/C21H22SSi/c1-14-11-15-7-4-5-8-17(15)21(14)19-13-16(23(2)3)12-18(19)20-9-6-10-22-20/h4-12,21,23H,13H2,1-3H3/t21-/m0/s1. The molecule has 0 aliphatic heterocycles. The zero-order valence-corrected chi connectivity index (χ0v) is 15.9. The fourth-order valence-corrected chi connectivity index (χ4v) is 5.78. The first-order valence-corrected chi connectivity index (χ1v) is 12.2. The molecule has 1 atom stereocenters. The van der Waals surface area contributed by atoms with Crippen LogP contribution in [0.1, 0.15) is 35.3 Å². The van der Waals surface area contributed by atoms with Crippen LogP contribution >= 0.6 is 11.3 Å². The van der Waals surface area contributed by atoms with Gasteiger partial charge >= 0.3 is 0 Å². The Balaban J connectivity index is 1.84. The number of fused-ring (bicyclic) bond motifs is 1. The van der Waals surface area contributed by atoms with Crippen LogP contribution in [0.3, 0.4) is 0 Å². The Morgan fingerprint density at radius 1 is 1.04 bits per heavy atom. The van der Waals surface area contributed by atoms with Crippen molar-refractivity contribution in [3.63, 3.8) is 0 Å². The Hall–Kier alpha value is -1.64. The van der Waals surface area contributed by atoms with Gasteiger partial charge in [0.1, 0.15) is 0 Å². The van der Waals surface area contributed by atoms with E-state index in [0.717, 1.165) is 0 Å². The molecule has 116 valence electrons. The summed E-state index contributed by atoms with van der Waals surface area (Å²) >= 11 is 1.87. The van der Waals surface area contributed by atoms with E-state index in [-0.39, 0.29) is 0 Å². The van der Waals surface area contributed by atoms with Crippen LogP contribution in [0.5, 0.6) is 0 Å². The fourth-order valence-electron chi connectivity index (χ4n) is 3.88. The van der Waals surface area contributed by atoms with Gasteiger partial charge in [-0.05, 0) is 47.1 Å². The first-order valence-electron chi connectivity index (χ1n) is 8.39. The molecule has 0 bridgehead atoms. The van der Waals surface area contributed by atoms with E-state index in [1.807, 2.05) is 11.3 Å². The van der Waals surface area contributed by atoms with Gasteiger partial charge in [0.15, 0.2) is 0 Å². The molecule has 0 saturated carbocycles. The Labute approximate surface area is 144 Å². The van der Waals surface area contributed by atoms with Crippen molar-refractivity contribution in [3.8, 4) is 0 Å². The van der Waals surface area contributed by atoms with Gasteiger partial charge in [0.2, 0.25) is 0 Å². The summed E-state index contributed by atoms with van der Waals surface area (Å²) in [5.41, 5.74) is 7.53. The van der Waals surface area contributed by atoms with E-state index in [2.05, 4.69) is 73.9 Å². The second-order valence-corrected chi connectivity index (χ2v) is 10.9. The highest BCUT2D eigenvalue weighted by Gasteiger charge is 2.31. The molecule has 1 heterocycles. The molecule has 2 heteroatoms. The van der Waals surface area contributed by atoms with Gasteiger partial charge in [0, 0.05) is 10.8 Å². The molecule has 0 N–H and O–H groups in total. The molecule has 0 nitrogen and oxygen atoms in total. The minimum atomic E-state index is -0.749. The molecule has 2 aliphatic rings. The van der Waals surface area contributed by atoms with Crippen LogP contribution in [0.2, 0.25) is 13.1 Å². The third-order valence-electron chi connectivity index (χ3n) is 5.09. The van der Waals surface area contributed by atoms with Gasteiger partial charge in [0.05, 0.1) is 8.80 Å². The summed E-state index contributed by atoms with van der Waals surface area (Å²) in [6.07, 6.45) is 6.08. The van der Waals surface area contributed by atoms with Crippen molar-refractivity contribution in [2.45, 2.75) is 32.4 Å². The molecule has 4 rings (SSSR count). The zero-order valence-electron chi connectivity index (χ0n) is 14.0. The van der Waals surface area contributed by atoms with Crippen molar-refractivity contribution in [1.29, 1.82) is 0 Å². The summed E-state index contributed by atoms with van der Waals surface area (Å²) in [6, 6.07) is 13.4. The first kappa shape index (κ1) is 14.9. The smallest absolute Gasteiger partial charge is 0.0600 e. The van der Waals surface area contributed by atoms with Crippen LogP contribution in [0.25, 0.3) is 11.6 Å². The average Bonchev–Trinajstić information content (AvgIpc) is 3.23. The van der Waals surface area contributed by atoms with Crippen LogP contribution in [0.15, 0.2) is 64.2 Å². The van der Waals surface area contributed by atoms with E-state index in [1.165, 1.54) is 33.6 Å². The Bertz CT molecular complexity index is 834. The quantitative estimate of drug-likeness (QED) is 0.599. The second kappa shape index (κ2) is 5.77. The summed E-state index contributed by atoms with van der Waals surface area (Å²) in [6.45, 7) is 7.20. The molecule has 1 aromatic heterocycles. The van der Waals surface area contributed by atoms with Crippen molar-refractivity contribution in [2.75, 3.05) is 0 Å². The Morgan fingerprint density at radius 3 is 2.61 bits per heavy atom. The van der Waals surface area contributed by atoms with E-state index in [1.54, 1.807) is 10.8 Å². The summed E-state index contributed by atoms with van der Waals surface area (Å²) < 4.78 is 0. The van der Waals surface area contributed by atoms with E-state index in [0.29, 0.717) is 5.92 Å². The Kier molecular flexibility index (Phi) is 3.74. The number of hydrogen-bond acceptors (Lipinski definition) is 1. The minimum absolute atomic E-state index is 0.477. The van der Waals surface area contributed by atoms with Gasteiger partial charge in [-0.1, -0.05) is 66.3 Å². The number of thiophene rings is 1. The molecule has 2 aliphatic carbocycles. The van der Waals surface area contributed by atoms with Crippen molar-refractivity contribution in [2.24, 2.45) is 0 Å². The predicted molar refractivity (Wildman–Crippen MR) is 106 cm³/mol. The van der Waals surface area contributed by atoms with Gasteiger partial charge in [-0.2, -0.15) is 0 Å². The first-order chi connectivity index (χ1) is 11.1. The highest BCUT2D eigenvalue weighted by molar-refractivity contribution is 7.11. The van der Waals surface area contributed by atoms with E-state index in [9.17, 15) is 0 Å². The number of allylic oxidation sites excluding steroid dienone is 5. The number of rotatable bonds is 3. The molecule has 1 aromatic carbocycles. The lowest BCUT2D eigenvalue weighted by Gasteiger charge is -2.19. The second-order valence-electron chi connectivity index (χ2n) is 6.92. The monoisotopic (exact) mass is 334 g/mol. The topological polar surface area (TPSA) is 0 Å². The van der Waals surface area contributed by atoms with Crippen molar-refractivity contribution >= 4 is 31.8 Å². The largest absolute Gasteiger partial charge is 0.144 e. The summed E-state index contributed by atoms with van der Waals surface area (Å²) in [5.74, 6) is 0.477. The highest BCUT2D eigenvalue weighted by atomic mass is 32.1.